The van der Waals surface area contributed by atoms with Crippen LogP contribution >= 0.6 is 0 Å². The average Bonchev–Trinajstić information content (AvgIpc) is 2.51. The Kier molecular flexibility index (Phi) is 3.79. The summed E-state index contributed by atoms with van der Waals surface area (Å²) in [5.74, 6) is -1.55. The highest BCUT2D eigenvalue weighted by molar-refractivity contribution is 5.39. The van der Waals surface area contributed by atoms with Gasteiger partial charge in [-0.05, 0) is 29.8 Å². The first-order valence-corrected chi connectivity index (χ1v) is 6.56. The standard InChI is InChI=1S/C15H13F3N2O/c16-11-2-4-15(19-8-11)20-5-6-21-14(9-20)10-1-3-12(17)13(18)7-10/h1-4,7-8,14H,5-6,9H2/t14-/m0/s1. The highest BCUT2D eigenvalue weighted by Crippen LogP contribution is 2.26. The topological polar surface area (TPSA) is 25.4 Å². The zero-order valence-corrected chi connectivity index (χ0v) is 11.1. The molecular weight excluding hydrogens is 281 g/mol. The summed E-state index contributed by atoms with van der Waals surface area (Å²) < 4.78 is 44.8. The average molecular weight is 294 g/mol. The Balaban J connectivity index is 1.79. The van der Waals surface area contributed by atoms with E-state index in [-0.39, 0.29) is 6.10 Å². The maximum Gasteiger partial charge on any atom is 0.159 e. The minimum Gasteiger partial charge on any atom is -0.370 e. The van der Waals surface area contributed by atoms with Crippen molar-refractivity contribution in [2.75, 3.05) is 24.6 Å². The van der Waals surface area contributed by atoms with Crippen molar-refractivity contribution in [3.8, 4) is 0 Å². The van der Waals surface area contributed by atoms with Crippen LogP contribution in [0.2, 0.25) is 0 Å². The number of ether oxygens (including phenoxy) is 1. The van der Waals surface area contributed by atoms with Crippen LogP contribution in [0.4, 0.5) is 19.0 Å². The van der Waals surface area contributed by atoms with Crippen molar-refractivity contribution in [3.63, 3.8) is 0 Å². The van der Waals surface area contributed by atoms with Gasteiger partial charge in [0.1, 0.15) is 17.7 Å². The third-order valence-electron chi connectivity index (χ3n) is 3.42. The molecule has 0 unspecified atom stereocenters. The number of anilines is 1. The number of benzene rings is 1. The lowest BCUT2D eigenvalue weighted by atomic mass is 10.1. The zero-order valence-electron chi connectivity index (χ0n) is 11.1. The number of nitrogens with zero attached hydrogens (tertiary/aromatic N) is 2. The number of rotatable bonds is 2. The molecule has 0 spiro atoms. The number of hydrogen-bond acceptors (Lipinski definition) is 3. The van der Waals surface area contributed by atoms with Crippen molar-refractivity contribution < 1.29 is 17.9 Å². The first-order chi connectivity index (χ1) is 10.1. The Morgan fingerprint density at radius 2 is 1.95 bits per heavy atom. The lowest BCUT2D eigenvalue weighted by Crippen LogP contribution is -2.38. The van der Waals surface area contributed by atoms with Crippen LogP contribution < -0.4 is 4.90 Å². The molecule has 1 aromatic heterocycles. The molecule has 110 valence electrons. The molecule has 2 aromatic rings. The molecule has 0 bridgehead atoms. The van der Waals surface area contributed by atoms with Gasteiger partial charge in [-0.15, -0.1) is 0 Å². The summed E-state index contributed by atoms with van der Waals surface area (Å²) in [4.78, 5) is 5.95. The Bertz CT molecular complexity index is 633. The van der Waals surface area contributed by atoms with Crippen LogP contribution in [0.1, 0.15) is 11.7 Å². The summed E-state index contributed by atoms with van der Waals surface area (Å²) in [7, 11) is 0. The third kappa shape index (κ3) is 3.00. The smallest absolute Gasteiger partial charge is 0.159 e. The molecule has 2 heterocycles. The van der Waals surface area contributed by atoms with Crippen LogP contribution in [-0.2, 0) is 4.74 Å². The molecule has 1 aliphatic heterocycles. The molecule has 0 aliphatic carbocycles. The van der Waals surface area contributed by atoms with Crippen molar-refractivity contribution in [1.29, 1.82) is 0 Å². The van der Waals surface area contributed by atoms with E-state index in [9.17, 15) is 13.2 Å². The number of hydrogen-bond donors (Lipinski definition) is 0. The van der Waals surface area contributed by atoms with Gasteiger partial charge in [0.15, 0.2) is 11.6 Å². The van der Waals surface area contributed by atoms with Crippen molar-refractivity contribution in [2.24, 2.45) is 0 Å². The summed E-state index contributed by atoms with van der Waals surface area (Å²) in [5.41, 5.74) is 0.570. The fourth-order valence-electron chi connectivity index (χ4n) is 2.33. The molecule has 1 aromatic carbocycles. The highest BCUT2D eigenvalue weighted by atomic mass is 19.2. The van der Waals surface area contributed by atoms with E-state index < -0.39 is 17.5 Å². The molecule has 1 saturated heterocycles. The molecule has 0 saturated carbocycles. The van der Waals surface area contributed by atoms with Gasteiger partial charge in [-0.3, -0.25) is 0 Å². The maximum absolute atomic E-state index is 13.3. The zero-order chi connectivity index (χ0) is 14.8. The summed E-state index contributed by atoms with van der Waals surface area (Å²) in [6.45, 7) is 1.49. The summed E-state index contributed by atoms with van der Waals surface area (Å²) in [6.07, 6.45) is 0.776. The summed E-state index contributed by atoms with van der Waals surface area (Å²) in [6, 6.07) is 6.66. The Morgan fingerprint density at radius 1 is 1.10 bits per heavy atom. The van der Waals surface area contributed by atoms with E-state index in [1.54, 1.807) is 6.07 Å². The second-order valence-corrected chi connectivity index (χ2v) is 4.81. The lowest BCUT2D eigenvalue weighted by Gasteiger charge is -2.34. The number of aromatic nitrogens is 1. The van der Waals surface area contributed by atoms with E-state index in [0.717, 1.165) is 18.3 Å². The monoisotopic (exact) mass is 294 g/mol. The first-order valence-electron chi connectivity index (χ1n) is 6.56. The minimum absolute atomic E-state index is 0.374. The Labute approximate surface area is 120 Å². The Morgan fingerprint density at radius 3 is 2.67 bits per heavy atom. The van der Waals surface area contributed by atoms with Gasteiger partial charge < -0.3 is 9.64 Å². The van der Waals surface area contributed by atoms with E-state index in [1.807, 2.05) is 4.90 Å². The van der Waals surface area contributed by atoms with Crippen molar-refractivity contribution in [2.45, 2.75) is 6.10 Å². The molecule has 0 N–H and O–H groups in total. The number of pyridine rings is 1. The summed E-state index contributed by atoms with van der Waals surface area (Å²) >= 11 is 0. The fraction of sp³-hybridized carbons (Fsp3) is 0.267. The second kappa shape index (κ2) is 5.73. The molecule has 3 nitrogen and oxygen atoms in total. The molecule has 0 radical (unpaired) electrons. The van der Waals surface area contributed by atoms with Gasteiger partial charge in [0, 0.05) is 13.1 Å². The van der Waals surface area contributed by atoms with E-state index in [2.05, 4.69) is 4.98 Å². The molecule has 1 atom stereocenters. The van der Waals surface area contributed by atoms with Crippen LogP contribution in [-0.4, -0.2) is 24.7 Å². The van der Waals surface area contributed by atoms with E-state index >= 15 is 0 Å². The van der Waals surface area contributed by atoms with Crippen LogP contribution in [0.25, 0.3) is 0 Å². The van der Waals surface area contributed by atoms with Gasteiger partial charge in [0.25, 0.3) is 0 Å². The first kappa shape index (κ1) is 13.9. The van der Waals surface area contributed by atoms with Crippen LogP contribution in [0.15, 0.2) is 36.5 Å². The van der Waals surface area contributed by atoms with Gasteiger partial charge in [-0.1, -0.05) is 6.07 Å². The molecule has 1 fully saturated rings. The van der Waals surface area contributed by atoms with Gasteiger partial charge in [0.05, 0.1) is 12.8 Å². The van der Waals surface area contributed by atoms with Crippen LogP contribution in [0.5, 0.6) is 0 Å². The van der Waals surface area contributed by atoms with Crippen molar-refractivity contribution in [1.82, 2.24) is 4.98 Å². The molecule has 21 heavy (non-hydrogen) atoms. The Hall–Kier alpha value is -2.08. The van der Waals surface area contributed by atoms with Crippen LogP contribution in [0.3, 0.4) is 0 Å². The molecule has 6 heteroatoms. The molecular formula is C15H13F3N2O. The van der Waals surface area contributed by atoms with Gasteiger partial charge in [0.2, 0.25) is 0 Å². The van der Waals surface area contributed by atoms with Crippen molar-refractivity contribution >= 4 is 5.82 Å². The van der Waals surface area contributed by atoms with Crippen molar-refractivity contribution in [3.05, 3.63) is 59.5 Å². The third-order valence-corrected chi connectivity index (χ3v) is 3.42. The number of morpholine rings is 1. The molecule has 0 amide bonds. The SMILES string of the molecule is Fc1ccc(N2CCO[C@H](c3ccc(F)c(F)c3)C2)nc1. The second-order valence-electron chi connectivity index (χ2n) is 4.81. The quantitative estimate of drug-likeness (QED) is 0.851. The molecule has 1 aliphatic rings. The number of halogens is 3. The minimum atomic E-state index is -0.895. The van der Waals surface area contributed by atoms with E-state index in [1.165, 1.54) is 12.1 Å². The van der Waals surface area contributed by atoms with Gasteiger partial charge in [-0.2, -0.15) is 0 Å². The molecule has 3 rings (SSSR count). The maximum atomic E-state index is 13.3. The normalized spacial score (nSPS) is 18.8. The summed E-state index contributed by atoms with van der Waals surface area (Å²) in [5, 5.41) is 0. The lowest BCUT2D eigenvalue weighted by molar-refractivity contribution is 0.0392. The largest absolute Gasteiger partial charge is 0.370 e. The van der Waals surface area contributed by atoms with E-state index in [4.69, 9.17) is 4.74 Å². The fourth-order valence-corrected chi connectivity index (χ4v) is 2.33. The van der Waals surface area contributed by atoms with Gasteiger partial charge >= 0.3 is 0 Å². The predicted octanol–water partition coefficient (Wildman–Crippen LogP) is 3.08. The highest BCUT2D eigenvalue weighted by Gasteiger charge is 2.23. The van der Waals surface area contributed by atoms with E-state index in [0.29, 0.717) is 31.1 Å². The van der Waals surface area contributed by atoms with Gasteiger partial charge in [-0.25, -0.2) is 18.2 Å². The predicted molar refractivity (Wildman–Crippen MR) is 71.5 cm³/mol. The van der Waals surface area contributed by atoms with Crippen LogP contribution in [0, 0.1) is 17.5 Å².